The molecule has 4 heteroatoms. The highest BCUT2D eigenvalue weighted by atomic mass is 16.7. The van der Waals surface area contributed by atoms with E-state index in [1.807, 2.05) is 0 Å². The third kappa shape index (κ3) is 4.32. The molecule has 0 aliphatic carbocycles. The molecule has 0 radical (unpaired) electrons. The van der Waals surface area contributed by atoms with E-state index in [9.17, 15) is 4.79 Å². The van der Waals surface area contributed by atoms with Gasteiger partial charge < -0.3 is 14.2 Å². The summed E-state index contributed by atoms with van der Waals surface area (Å²) in [4.78, 5) is 11.1. The molecule has 0 N–H and O–H groups in total. The minimum atomic E-state index is -0.610. The van der Waals surface area contributed by atoms with E-state index in [4.69, 9.17) is 14.2 Å². The Morgan fingerprint density at radius 1 is 1.53 bits per heavy atom. The molecule has 0 spiro atoms. The molecule has 84 valence electrons. The van der Waals surface area contributed by atoms with Crippen molar-refractivity contribution in [1.82, 2.24) is 0 Å². The van der Waals surface area contributed by atoms with Crippen molar-refractivity contribution in [3.63, 3.8) is 0 Å². The highest BCUT2D eigenvalue weighted by Gasteiger charge is 2.31. The second-order valence-electron chi connectivity index (χ2n) is 4.04. The molecular formula is C11H16O4. The number of rotatable bonds is 1. The van der Waals surface area contributed by atoms with E-state index in [-0.39, 0.29) is 12.2 Å². The summed E-state index contributed by atoms with van der Waals surface area (Å²) in [6.07, 6.45) is -0.497. The summed E-state index contributed by atoms with van der Waals surface area (Å²) in [7, 11) is 0. The summed E-state index contributed by atoms with van der Waals surface area (Å²) in [5.41, 5.74) is 0. The van der Waals surface area contributed by atoms with Crippen molar-refractivity contribution in [2.75, 3.05) is 6.61 Å². The fraction of sp³-hybridized carbons (Fsp3) is 0.727. The second kappa shape index (κ2) is 4.65. The van der Waals surface area contributed by atoms with E-state index >= 15 is 0 Å². The van der Waals surface area contributed by atoms with Crippen molar-refractivity contribution in [3.8, 4) is 11.8 Å². The first kappa shape index (κ1) is 12.0. The minimum absolute atomic E-state index is 0.149. The number of hydrogen-bond acceptors (Lipinski definition) is 4. The maximum atomic E-state index is 11.1. The molecule has 1 heterocycles. The van der Waals surface area contributed by atoms with E-state index in [2.05, 4.69) is 11.8 Å². The molecule has 1 rings (SSSR count). The molecule has 1 aliphatic heterocycles. The van der Waals surface area contributed by atoms with E-state index in [0.717, 1.165) is 0 Å². The molecule has 4 nitrogen and oxygen atoms in total. The maximum absolute atomic E-state index is 11.1. The van der Waals surface area contributed by atoms with Gasteiger partial charge in [0.05, 0.1) is 12.7 Å². The van der Waals surface area contributed by atoms with E-state index in [0.29, 0.717) is 6.61 Å². The fourth-order valence-corrected chi connectivity index (χ4v) is 1.14. The zero-order valence-corrected chi connectivity index (χ0v) is 9.49. The number of ether oxygens (including phenoxy) is 3. The van der Waals surface area contributed by atoms with Gasteiger partial charge in [-0.15, -0.1) is 0 Å². The highest BCUT2D eigenvalue weighted by molar-refractivity contribution is 5.88. The van der Waals surface area contributed by atoms with Crippen LogP contribution in [0.5, 0.6) is 0 Å². The monoisotopic (exact) mass is 212 g/mol. The minimum Gasteiger partial charge on any atom is -0.453 e. The smallest absolute Gasteiger partial charge is 0.384 e. The summed E-state index contributed by atoms with van der Waals surface area (Å²) in [6.45, 7) is 7.55. The number of hydrogen-bond donors (Lipinski definition) is 0. The molecule has 0 unspecified atom stereocenters. The molecule has 1 fully saturated rings. The van der Waals surface area contributed by atoms with Gasteiger partial charge in [-0.25, -0.2) is 4.79 Å². The van der Waals surface area contributed by atoms with E-state index < -0.39 is 11.8 Å². The zero-order valence-electron chi connectivity index (χ0n) is 9.49. The molecule has 15 heavy (non-hydrogen) atoms. The van der Waals surface area contributed by atoms with Crippen LogP contribution in [0.25, 0.3) is 0 Å². The van der Waals surface area contributed by atoms with Crippen LogP contribution >= 0.6 is 0 Å². The molecule has 0 saturated carbocycles. The van der Waals surface area contributed by atoms with Crippen LogP contribution in [0.1, 0.15) is 27.7 Å². The van der Waals surface area contributed by atoms with Gasteiger partial charge in [0, 0.05) is 5.92 Å². The zero-order chi connectivity index (χ0) is 11.5. The average molecular weight is 212 g/mol. The molecule has 0 bridgehead atoms. The Morgan fingerprint density at radius 3 is 2.67 bits per heavy atom. The van der Waals surface area contributed by atoms with Crippen molar-refractivity contribution in [2.24, 2.45) is 0 Å². The van der Waals surface area contributed by atoms with Crippen LogP contribution in [-0.4, -0.2) is 30.6 Å². The predicted molar refractivity (Wildman–Crippen MR) is 53.9 cm³/mol. The van der Waals surface area contributed by atoms with Crippen LogP contribution in [0, 0.1) is 11.8 Å². The van der Waals surface area contributed by atoms with E-state index in [1.54, 1.807) is 27.7 Å². The van der Waals surface area contributed by atoms with Gasteiger partial charge in [-0.2, -0.15) is 0 Å². The lowest BCUT2D eigenvalue weighted by atomic mass is 10.3. The van der Waals surface area contributed by atoms with Crippen molar-refractivity contribution < 1.29 is 19.0 Å². The molecule has 0 aromatic heterocycles. The van der Waals surface area contributed by atoms with Crippen molar-refractivity contribution in [2.45, 2.75) is 45.7 Å². The normalized spacial score (nSPS) is 23.4. The number of carbonyl (C=O) groups excluding carboxylic acids is 1. The predicted octanol–water partition coefficient (Wildman–Crippen LogP) is 1.09. The fourth-order valence-electron chi connectivity index (χ4n) is 1.14. The van der Waals surface area contributed by atoms with Gasteiger partial charge in [-0.3, -0.25) is 0 Å². The van der Waals surface area contributed by atoms with Gasteiger partial charge in [0.2, 0.25) is 0 Å². The van der Waals surface area contributed by atoms with Gasteiger partial charge in [-0.1, -0.05) is 5.92 Å². The summed E-state index contributed by atoms with van der Waals surface area (Å²) in [6, 6.07) is 0. The first-order valence-electron chi connectivity index (χ1n) is 4.93. The standard InChI is InChI=1S/C11H16O4/c1-8(2)14-10(12)6-5-9-7-13-11(3,4)15-9/h8-9H,7H2,1-4H3/t9-/m0/s1. The molecule has 0 amide bonds. The molecule has 0 aromatic carbocycles. The third-order valence-corrected chi connectivity index (χ3v) is 1.69. The number of esters is 1. The lowest BCUT2D eigenvalue weighted by Crippen LogP contribution is -2.21. The molecule has 1 saturated heterocycles. The maximum Gasteiger partial charge on any atom is 0.384 e. The van der Waals surface area contributed by atoms with Crippen LogP contribution in [-0.2, 0) is 19.0 Å². The summed E-state index contributed by atoms with van der Waals surface area (Å²) < 4.78 is 15.5. The molecule has 1 atom stereocenters. The highest BCUT2D eigenvalue weighted by Crippen LogP contribution is 2.21. The lowest BCUT2D eigenvalue weighted by molar-refractivity contribution is -0.140. The van der Waals surface area contributed by atoms with Gasteiger partial charge in [-0.05, 0) is 27.7 Å². The van der Waals surface area contributed by atoms with Crippen LogP contribution in [0.15, 0.2) is 0 Å². The van der Waals surface area contributed by atoms with Crippen LogP contribution in [0.2, 0.25) is 0 Å². The Kier molecular flexibility index (Phi) is 3.72. The first-order chi connectivity index (χ1) is 6.89. The summed E-state index contributed by atoms with van der Waals surface area (Å²) in [5.74, 6) is 3.91. The molecule has 1 aliphatic rings. The van der Waals surface area contributed by atoms with Crippen LogP contribution < -0.4 is 0 Å². The Morgan fingerprint density at radius 2 is 2.20 bits per heavy atom. The Labute approximate surface area is 89.9 Å². The molecule has 0 aromatic rings. The molecular weight excluding hydrogens is 196 g/mol. The van der Waals surface area contributed by atoms with E-state index in [1.165, 1.54) is 0 Å². The largest absolute Gasteiger partial charge is 0.453 e. The first-order valence-corrected chi connectivity index (χ1v) is 4.93. The Balaban J connectivity index is 2.42. The SMILES string of the molecule is CC(C)OC(=O)C#C[C@H]1COC(C)(C)O1. The summed E-state index contributed by atoms with van der Waals surface area (Å²) >= 11 is 0. The average Bonchev–Trinajstić information content (AvgIpc) is 2.41. The lowest BCUT2D eigenvalue weighted by Gasteiger charge is -2.14. The third-order valence-electron chi connectivity index (χ3n) is 1.69. The topological polar surface area (TPSA) is 44.8 Å². The van der Waals surface area contributed by atoms with Crippen molar-refractivity contribution >= 4 is 5.97 Å². The van der Waals surface area contributed by atoms with Crippen LogP contribution in [0.4, 0.5) is 0 Å². The van der Waals surface area contributed by atoms with Gasteiger partial charge in [0.25, 0.3) is 0 Å². The van der Waals surface area contributed by atoms with Gasteiger partial charge in [0.1, 0.15) is 6.10 Å². The van der Waals surface area contributed by atoms with Gasteiger partial charge in [0.15, 0.2) is 5.79 Å². The van der Waals surface area contributed by atoms with Crippen LogP contribution in [0.3, 0.4) is 0 Å². The Hall–Kier alpha value is -1.05. The van der Waals surface area contributed by atoms with Crippen molar-refractivity contribution in [3.05, 3.63) is 0 Å². The van der Waals surface area contributed by atoms with Gasteiger partial charge >= 0.3 is 5.97 Å². The number of carbonyl (C=O) groups is 1. The summed E-state index contributed by atoms with van der Waals surface area (Å²) in [5, 5.41) is 0. The second-order valence-corrected chi connectivity index (χ2v) is 4.04. The quantitative estimate of drug-likeness (QED) is 0.371. The Bertz CT molecular complexity index is 295. The van der Waals surface area contributed by atoms with Crippen molar-refractivity contribution in [1.29, 1.82) is 0 Å².